The highest BCUT2D eigenvalue weighted by molar-refractivity contribution is 5.93. The first kappa shape index (κ1) is 17.3. The molecule has 0 fully saturated rings. The summed E-state index contributed by atoms with van der Waals surface area (Å²) in [7, 11) is 1.53. The van der Waals surface area contributed by atoms with Gasteiger partial charge in [0.05, 0.1) is 31.6 Å². The van der Waals surface area contributed by atoms with E-state index < -0.39 is 0 Å². The normalized spacial score (nSPS) is 11.2. The highest BCUT2D eigenvalue weighted by Crippen LogP contribution is 2.26. The molecule has 0 spiro atoms. The van der Waals surface area contributed by atoms with Crippen molar-refractivity contribution >= 4 is 17.3 Å². The van der Waals surface area contributed by atoms with E-state index in [0.29, 0.717) is 30.3 Å². The summed E-state index contributed by atoms with van der Waals surface area (Å²) in [5.41, 5.74) is 6.55. The van der Waals surface area contributed by atoms with Crippen LogP contribution < -0.4 is 15.8 Å². The molecule has 0 radical (unpaired) electrons. The average Bonchev–Trinajstić information content (AvgIpc) is 2.37. The number of benzene rings is 1. The molecule has 0 saturated carbocycles. The molecule has 1 aromatic carbocycles. The fourth-order valence-electron chi connectivity index (χ4n) is 1.58. The largest absolute Gasteiger partial charge is 0.495 e. The van der Waals surface area contributed by atoms with Crippen LogP contribution in [-0.4, -0.2) is 38.4 Å². The third-order valence-electron chi connectivity index (χ3n) is 2.49. The summed E-state index contributed by atoms with van der Waals surface area (Å²) in [6.07, 6.45) is 0. The van der Waals surface area contributed by atoms with Gasteiger partial charge in [-0.15, -0.1) is 0 Å². The molecule has 3 N–H and O–H groups in total. The number of hydrogen-bond acceptors (Lipinski definition) is 5. The van der Waals surface area contributed by atoms with Crippen molar-refractivity contribution in [2.75, 3.05) is 38.0 Å². The molecule has 0 saturated heterocycles. The van der Waals surface area contributed by atoms with Crippen LogP contribution in [0.2, 0.25) is 0 Å². The summed E-state index contributed by atoms with van der Waals surface area (Å²) in [5.74, 6) is 0.281. The molecule has 0 heterocycles. The molecule has 6 nitrogen and oxygen atoms in total. The lowest BCUT2D eigenvalue weighted by molar-refractivity contribution is -0.121. The number of nitrogens with one attached hydrogen (secondary N) is 1. The Morgan fingerprint density at radius 2 is 2.00 bits per heavy atom. The van der Waals surface area contributed by atoms with E-state index >= 15 is 0 Å². The number of methoxy groups -OCH3 is 1. The molecule has 21 heavy (non-hydrogen) atoms. The average molecular weight is 296 g/mol. The maximum atomic E-state index is 11.8. The van der Waals surface area contributed by atoms with Crippen molar-refractivity contribution in [2.45, 2.75) is 26.4 Å². The lowest BCUT2D eigenvalue weighted by Crippen LogP contribution is -2.24. The van der Waals surface area contributed by atoms with Gasteiger partial charge in [-0.3, -0.25) is 4.79 Å². The van der Waals surface area contributed by atoms with Crippen LogP contribution in [0.15, 0.2) is 18.2 Å². The fourth-order valence-corrected chi connectivity index (χ4v) is 1.58. The van der Waals surface area contributed by atoms with E-state index in [4.69, 9.17) is 19.9 Å². The van der Waals surface area contributed by atoms with Crippen molar-refractivity contribution in [1.82, 2.24) is 0 Å². The van der Waals surface area contributed by atoms with Gasteiger partial charge >= 0.3 is 0 Å². The third kappa shape index (κ3) is 6.97. The standard InChI is InChI=1S/C15H24N2O4/c1-15(2,3)21-8-7-20-10-14(18)17-12-9-11(16)5-6-13(12)19-4/h5-6,9H,7-8,10,16H2,1-4H3,(H,17,18). The zero-order chi connectivity index (χ0) is 15.9. The van der Waals surface area contributed by atoms with E-state index in [-0.39, 0.29) is 18.1 Å². The summed E-state index contributed by atoms with van der Waals surface area (Å²) in [6.45, 7) is 6.64. The van der Waals surface area contributed by atoms with Crippen LogP contribution in [-0.2, 0) is 14.3 Å². The lowest BCUT2D eigenvalue weighted by Gasteiger charge is -2.19. The van der Waals surface area contributed by atoms with E-state index in [1.54, 1.807) is 18.2 Å². The van der Waals surface area contributed by atoms with Gasteiger partial charge in [0.2, 0.25) is 5.91 Å². The second-order valence-electron chi connectivity index (χ2n) is 5.52. The zero-order valence-corrected chi connectivity index (χ0v) is 13.1. The smallest absolute Gasteiger partial charge is 0.250 e. The Bertz CT molecular complexity index is 469. The minimum atomic E-state index is -0.269. The predicted octanol–water partition coefficient (Wildman–Crippen LogP) is 2.05. The number of anilines is 2. The molecule has 0 aliphatic heterocycles. The van der Waals surface area contributed by atoms with E-state index in [9.17, 15) is 4.79 Å². The van der Waals surface area contributed by atoms with Gasteiger partial charge in [0.1, 0.15) is 12.4 Å². The summed E-state index contributed by atoms with van der Waals surface area (Å²) in [5, 5.41) is 2.70. The second-order valence-corrected chi connectivity index (χ2v) is 5.52. The Morgan fingerprint density at radius 1 is 1.29 bits per heavy atom. The van der Waals surface area contributed by atoms with Crippen molar-refractivity contribution < 1.29 is 19.0 Å². The molecule has 0 aromatic heterocycles. The number of ether oxygens (including phenoxy) is 3. The van der Waals surface area contributed by atoms with Crippen LogP contribution in [0.4, 0.5) is 11.4 Å². The van der Waals surface area contributed by atoms with Gasteiger partial charge in [0.25, 0.3) is 0 Å². The number of hydrogen-bond donors (Lipinski definition) is 2. The molecule has 0 bridgehead atoms. The Labute approximate surface area is 125 Å². The molecule has 118 valence electrons. The molecule has 1 aromatic rings. The number of carbonyl (C=O) groups is 1. The summed E-state index contributed by atoms with van der Waals surface area (Å²) in [4.78, 5) is 11.8. The van der Waals surface area contributed by atoms with Crippen LogP contribution in [0.5, 0.6) is 5.75 Å². The first-order chi connectivity index (χ1) is 9.81. The maximum Gasteiger partial charge on any atom is 0.250 e. The highest BCUT2D eigenvalue weighted by atomic mass is 16.5. The number of nitrogens with two attached hydrogens (primary N) is 1. The summed E-state index contributed by atoms with van der Waals surface area (Å²) in [6, 6.07) is 5.04. The molecule has 0 atom stereocenters. The molecule has 1 rings (SSSR count). The monoisotopic (exact) mass is 296 g/mol. The number of nitrogen functional groups attached to an aromatic ring is 1. The van der Waals surface area contributed by atoms with E-state index in [1.807, 2.05) is 20.8 Å². The van der Waals surface area contributed by atoms with Crippen molar-refractivity contribution in [3.8, 4) is 5.75 Å². The molecule has 1 amide bonds. The van der Waals surface area contributed by atoms with Gasteiger partial charge in [-0.2, -0.15) is 0 Å². The first-order valence-electron chi connectivity index (χ1n) is 6.77. The van der Waals surface area contributed by atoms with Crippen LogP contribution in [0, 0.1) is 0 Å². The number of amides is 1. The highest BCUT2D eigenvalue weighted by Gasteiger charge is 2.10. The van der Waals surface area contributed by atoms with E-state index in [1.165, 1.54) is 7.11 Å². The minimum absolute atomic E-state index is 0.0501. The van der Waals surface area contributed by atoms with Gasteiger partial charge < -0.3 is 25.3 Å². The Kier molecular flexibility index (Phi) is 6.45. The molecular weight excluding hydrogens is 272 g/mol. The SMILES string of the molecule is COc1ccc(N)cc1NC(=O)COCCOC(C)(C)C. The first-order valence-corrected chi connectivity index (χ1v) is 6.77. The Morgan fingerprint density at radius 3 is 2.62 bits per heavy atom. The van der Waals surface area contributed by atoms with Crippen LogP contribution in [0.1, 0.15) is 20.8 Å². The minimum Gasteiger partial charge on any atom is -0.495 e. The van der Waals surface area contributed by atoms with Crippen LogP contribution >= 0.6 is 0 Å². The Balaban J connectivity index is 2.36. The van der Waals surface area contributed by atoms with Gasteiger partial charge in [0.15, 0.2) is 0 Å². The van der Waals surface area contributed by atoms with Crippen molar-refractivity contribution in [1.29, 1.82) is 0 Å². The van der Waals surface area contributed by atoms with Crippen molar-refractivity contribution in [2.24, 2.45) is 0 Å². The van der Waals surface area contributed by atoms with E-state index in [2.05, 4.69) is 5.32 Å². The van der Waals surface area contributed by atoms with Crippen molar-refractivity contribution in [3.05, 3.63) is 18.2 Å². The van der Waals surface area contributed by atoms with Gasteiger partial charge in [0, 0.05) is 5.69 Å². The van der Waals surface area contributed by atoms with Crippen molar-refractivity contribution in [3.63, 3.8) is 0 Å². The van der Waals surface area contributed by atoms with Crippen LogP contribution in [0.25, 0.3) is 0 Å². The number of rotatable bonds is 7. The summed E-state index contributed by atoms with van der Waals surface area (Å²) < 4.78 is 15.9. The Hall–Kier alpha value is -1.79. The van der Waals surface area contributed by atoms with Gasteiger partial charge in [-0.1, -0.05) is 0 Å². The number of carbonyl (C=O) groups excluding carboxylic acids is 1. The van der Waals surface area contributed by atoms with E-state index in [0.717, 1.165) is 0 Å². The second kappa shape index (κ2) is 7.85. The molecule has 0 aliphatic carbocycles. The van der Waals surface area contributed by atoms with Crippen LogP contribution in [0.3, 0.4) is 0 Å². The molecule has 0 unspecified atom stereocenters. The molecule has 0 aliphatic rings. The lowest BCUT2D eigenvalue weighted by atomic mass is 10.2. The third-order valence-corrected chi connectivity index (χ3v) is 2.49. The molecular formula is C15H24N2O4. The predicted molar refractivity (Wildman–Crippen MR) is 82.6 cm³/mol. The van der Waals surface area contributed by atoms with Gasteiger partial charge in [-0.25, -0.2) is 0 Å². The maximum absolute atomic E-state index is 11.8. The quantitative estimate of drug-likeness (QED) is 0.594. The fraction of sp³-hybridized carbons (Fsp3) is 0.533. The van der Waals surface area contributed by atoms with Gasteiger partial charge in [-0.05, 0) is 39.0 Å². The zero-order valence-electron chi connectivity index (χ0n) is 13.1. The summed E-state index contributed by atoms with van der Waals surface area (Å²) >= 11 is 0. The topological polar surface area (TPSA) is 82.8 Å². The molecule has 6 heteroatoms.